The van der Waals surface area contributed by atoms with E-state index in [0.29, 0.717) is 5.75 Å². The molecule has 1 heterocycles. The number of ether oxygens (including phenoxy) is 1. The minimum atomic E-state index is -0.708. The molecule has 2 rings (SSSR count). The lowest BCUT2D eigenvalue weighted by Gasteiger charge is -2.33. The highest BCUT2D eigenvalue weighted by atomic mass is 19.1. The van der Waals surface area contributed by atoms with Crippen molar-refractivity contribution in [1.29, 1.82) is 0 Å². The molecule has 1 aromatic carbocycles. The van der Waals surface area contributed by atoms with Crippen molar-refractivity contribution in [3.05, 3.63) is 54.6 Å². The molecule has 20 heavy (non-hydrogen) atoms. The molecule has 0 saturated carbocycles. The molecular weight excluding hydrogens is 257 g/mol. The summed E-state index contributed by atoms with van der Waals surface area (Å²) in [5.41, 5.74) is -0.338. The maximum absolute atomic E-state index is 12.9. The molecule has 108 valence electrons. The highest BCUT2D eigenvalue weighted by molar-refractivity contribution is 5.22. The van der Waals surface area contributed by atoms with Crippen LogP contribution in [0.4, 0.5) is 4.39 Å². The number of aliphatic hydroxyl groups is 1. The Kier molecular flexibility index (Phi) is 4.14. The van der Waals surface area contributed by atoms with Crippen LogP contribution in [0.25, 0.3) is 0 Å². The van der Waals surface area contributed by atoms with Crippen LogP contribution in [0.1, 0.15) is 27.0 Å². The van der Waals surface area contributed by atoms with Crippen LogP contribution in [-0.4, -0.2) is 15.8 Å². The van der Waals surface area contributed by atoms with Gasteiger partial charge in [-0.05, 0) is 41.8 Å². The number of halogens is 1. The third-order valence-electron chi connectivity index (χ3n) is 3.15. The zero-order chi connectivity index (χ0) is 14.8. The number of aromatic nitrogens is 1. The summed E-state index contributed by atoms with van der Waals surface area (Å²) in [6.45, 7) is 5.84. The first kappa shape index (κ1) is 14.6. The first-order valence-electron chi connectivity index (χ1n) is 6.60. The summed E-state index contributed by atoms with van der Waals surface area (Å²) in [7, 11) is 0. The van der Waals surface area contributed by atoms with Crippen molar-refractivity contribution in [1.82, 2.24) is 4.57 Å². The van der Waals surface area contributed by atoms with Gasteiger partial charge in [0.1, 0.15) is 17.7 Å². The highest BCUT2D eigenvalue weighted by Crippen LogP contribution is 2.30. The van der Waals surface area contributed by atoms with Crippen molar-refractivity contribution in [2.75, 3.05) is 0 Å². The fourth-order valence-corrected chi connectivity index (χ4v) is 1.89. The fraction of sp³-hybridized carbons (Fsp3) is 0.375. The van der Waals surface area contributed by atoms with Gasteiger partial charge >= 0.3 is 0 Å². The van der Waals surface area contributed by atoms with E-state index in [-0.39, 0.29) is 11.2 Å². The molecule has 0 spiro atoms. The standard InChI is InChI=1S/C16H20FNO2/c1-16(2,3)14(19)15(18-10-4-5-11-18)20-13-8-6-12(17)7-9-13/h4-11,14-15,19H,1-3H3. The van der Waals surface area contributed by atoms with Crippen molar-refractivity contribution >= 4 is 0 Å². The van der Waals surface area contributed by atoms with Crippen LogP contribution in [0, 0.1) is 11.2 Å². The molecule has 0 aliphatic heterocycles. The topological polar surface area (TPSA) is 34.4 Å². The van der Waals surface area contributed by atoms with E-state index in [0.717, 1.165) is 0 Å². The molecule has 0 amide bonds. The van der Waals surface area contributed by atoms with Crippen LogP contribution in [0.5, 0.6) is 5.75 Å². The molecule has 1 aromatic heterocycles. The normalized spacial score (nSPS) is 14.8. The van der Waals surface area contributed by atoms with Gasteiger partial charge in [-0.15, -0.1) is 0 Å². The van der Waals surface area contributed by atoms with Gasteiger partial charge in [0, 0.05) is 12.4 Å². The van der Waals surface area contributed by atoms with Gasteiger partial charge in [-0.3, -0.25) is 0 Å². The number of rotatable bonds is 4. The summed E-state index contributed by atoms with van der Waals surface area (Å²) < 4.78 is 20.6. The van der Waals surface area contributed by atoms with Crippen molar-refractivity contribution in [2.45, 2.75) is 33.1 Å². The van der Waals surface area contributed by atoms with E-state index in [2.05, 4.69) is 0 Å². The molecule has 3 nitrogen and oxygen atoms in total. The Hall–Kier alpha value is -1.81. The number of nitrogens with zero attached hydrogens (tertiary/aromatic N) is 1. The van der Waals surface area contributed by atoms with E-state index in [1.54, 1.807) is 16.7 Å². The largest absolute Gasteiger partial charge is 0.467 e. The predicted octanol–water partition coefficient (Wildman–Crippen LogP) is 3.61. The highest BCUT2D eigenvalue weighted by Gasteiger charge is 2.33. The number of aliphatic hydroxyl groups excluding tert-OH is 1. The zero-order valence-corrected chi connectivity index (χ0v) is 12.0. The average molecular weight is 277 g/mol. The molecule has 0 aliphatic rings. The lowest BCUT2D eigenvalue weighted by atomic mass is 9.88. The SMILES string of the molecule is CC(C)(C)C(O)C(Oc1ccc(F)cc1)n1cccc1. The number of hydrogen-bond acceptors (Lipinski definition) is 2. The molecule has 0 radical (unpaired) electrons. The first-order chi connectivity index (χ1) is 9.38. The lowest BCUT2D eigenvalue weighted by Crippen LogP contribution is -2.38. The summed E-state index contributed by atoms with van der Waals surface area (Å²) in [6.07, 6.45) is 2.40. The monoisotopic (exact) mass is 277 g/mol. The van der Waals surface area contributed by atoms with Crippen molar-refractivity contribution in [3.63, 3.8) is 0 Å². The van der Waals surface area contributed by atoms with Gasteiger partial charge in [0.25, 0.3) is 0 Å². The van der Waals surface area contributed by atoms with Crippen LogP contribution < -0.4 is 4.74 Å². The molecule has 2 unspecified atom stereocenters. The summed E-state index contributed by atoms with van der Waals surface area (Å²) >= 11 is 0. The van der Waals surface area contributed by atoms with Crippen LogP contribution in [0.3, 0.4) is 0 Å². The van der Waals surface area contributed by atoms with Crippen LogP contribution in [-0.2, 0) is 0 Å². The minimum Gasteiger partial charge on any atom is -0.467 e. The molecule has 0 fully saturated rings. The molecule has 2 atom stereocenters. The van der Waals surface area contributed by atoms with Gasteiger partial charge in [-0.2, -0.15) is 0 Å². The maximum Gasteiger partial charge on any atom is 0.202 e. The van der Waals surface area contributed by atoms with E-state index in [1.165, 1.54) is 12.1 Å². The quantitative estimate of drug-likeness (QED) is 0.926. The Morgan fingerprint density at radius 1 is 1.10 bits per heavy atom. The van der Waals surface area contributed by atoms with E-state index >= 15 is 0 Å². The maximum atomic E-state index is 12.9. The number of hydrogen-bond donors (Lipinski definition) is 1. The summed E-state index contributed by atoms with van der Waals surface area (Å²) in [5, 5.41) is 10.5. The summed E-state index contributed by atoms with van der Waals surface area (Å²) in [4.78, 5) is 0. The average Bonchev–Trinajstić information content (AvgIpc) is 2.90. The molecular formula is C16H20FNO2. The third-order valence-corrected chi connectivity index (χ3v) is 3.15. The summed E-state index contributed by atoms with van der Waals surface area (Å²) in [6, 6.07) is 9.53. The second-order valence-corrected chi connectivity index (χ2v) is 5.90. The summed E-state index contributed by atoms with van der Waals surface area (Å²) in [5.74, 6) is 0.208. The lowest BCUT2D eigenvalue weighted by molar-refractivity contribution is -0.0672. The molecule has 0 aliphatic carbocycles. The van der Waals surface area contributed by atoms with Gasteiger partial charge in [-0.1, -0.05) is 20.8 Å². The van der Waals surface area contributed by atoms with E-state index in [1.807, 2.05) is 45.3 Å². The fourth-order valence-electron chi connectivity index (χ4n) is 1.89. The minimum absolute atomic E-state index is 0.314. The van der Waals surface area contributed by atoms with Crippen molar-refractivity contribution in [2.24, 2.45) is 5.41 Å². The van der Waals surface area contributed by atoms with Gasteiger partial charge in [0.15, 0.2) is 0 Å². The Morgan fingerprint density at radius 2 is 1.65 bits per heavy atom. The molecule has 1 N–H and O–H groups in total. The van der Waals surface area contributed by atoms with Gasteiger partial charge in [-0.25, -0.2) is 4.39 Å². The van der Waals surface area contributed by atoms with E-state index in [9.17, 15) is 9.50 Å². The van der Waals surface area contributed by atoms with Crippen molar-refractivity contribution < 1.29 is 14.2 Å². The Morgan fingerprint density at radius 3 is 2.15 bits per heavy atom. The van der Waals surface area contributed by atoms with Gasteiger partial charge < -0.3 is 14.4 Å². The molecule has 0 bridgehead atoms. The molecule has 0 saturated heterocycles. The van der Waals surface area contributed by atoms with Gasteiger partial charge in [0.2, 0.25) is 6.23 Å². The number of benzene rings is 1. The Labute approximate surface area is 118 Å². The van der Waals surface area contributed by atoms with E-state index < -0.39 is 12.3 Å². The molecule has 2 aromatic rings. The zero-order valence-electron chi connectivity index (χ0n) is 12.0. The van der Waals surface area contributed by atoms with Crippen LogP contribution in [0.15, 0.2) is 48.8 Å². The van der Waals surface area contributed by atoms with E-state index in [4.69, 9.17) is 4.74 Å². The van der Waals surface area contributed by atoms with Crippen molar-refractivity contribution in [3.8, 4) is 5.75 Å². The first-order valence-corrected chi connectivity index (χ1v) is 6.60. The smallest absolute Gasteiger partial charge is 0.202 e. The Balaban J connectivity index is 2.26. The second kappa shape index (κ2) is 5.67. The molecule has 4 heteroatoms. The Bertz CT molecular complexity index is 529. The van der Waals surface area contributed by atoms with Crippen LogP contribution in [0.2, 0.25) is 0 Å². The second-order valence-electron chi connectivity index (χ2n) is 5.90. The van der Waals surface area contributed by atoms with Gasteiger partial charge in [0.05, 0.1) is 0 Å². The van der Waals surface area contributed by atoms with Crippen LogP contribution >= 0.6 is 0 Å². The third kappa shape index (κ3) is 3.39. The predicted molar refractivity (Wildman–Crippen MR) is 76.0 cm³/mol.